The third-order valence-electron chi connectivity index (χ3n) is 16.7. The molecule has 368 valence electrons. The topological polar surface area (TPSA) is 35.6 Å². The van der Waals surface area contributed by atoms with Crippen LogP contribution in [-0.2, 0) is 10.8 Å². The standard InChI is InChI=1S/C74H52N4/c1-4-64-61(46-48(2)3)60-45-43-58-55-37-21-24-40-63(55)74(52-32-16-8-17-33-52,53-34-18-9-19-35-53)69(58)71(60)77(64)66-47-67(76-72(75-66)49-26-10-5-11-27-49)78-65-41-25-22-38-56(65)59-44-42-57-54-36-20-23-39-62(54)73(68(57)70(59)78,50-28-12-6-13-29-50)51-30-14-7-15-31-51/h4-47H,2H2,1,3H3/b61-46-,64-4+. The van der Waals surface area contributed by atoms with Crippen LogP contribution in [0.5, 0.6) is 0 Å². The van der Waals surface area contributed by atoms with Crippen LogP contribution >= 0.6 is 0 Å². The molecule has 4 nitrogen and oxygen atoms in total. The molecule has 0 radical (unpaired) electrons. The molecule has 3 heterocycles. The third-order valence-corrected chi connectivity index (χ3v) is 16.7. The molecule has 13 aromatic rings. The molecule has 0 aliphatic heterocycles. The minimum atomic E-state index is -0.700. The fourth-order valence-corrected chi connectivity index (χ4v) is 13.9. The number of rotatable bonds is 8. The van der Waals surface area contributed by atoms with Gasteiger partial charge in [-0.05, 0) is 81.6 Å². The van der Waals surface area contributed by atoms with Gasteiger partial charge in [0.05, 0.1) is 32.7 Å². The Morgan fingerprint density at radius 3 is 1.35 bits per heavy atom. The van der Waals surface area contributed by atoms with Crippen molar-refractivity contribution in [2.45, 2.75) is 24.7 Å². The maximum absolute atomic E-state index is 5.77. The summed E-state index contributed by atoms with van der Waals surface area (Å²) < 4.78 is 4.90. The first-order valence-corrected chi connectivity index (χ1v) is 27.0. The maximum atomic E-state index is 5.77. The lowest BCUT2D eigenvalue weighted by atomic mass is 9.67. The second-order valence-corrected chi connectivity index (χ2v) is 20.9. The van der Waals surface area contributed by atoms with Gasteiger partial charge in [0, 0.05) is 44.1 Å². The Kier molecular flexibility index (Phi) is 10.3. The van der Waals surface area contributed by atoms with E-state index in [1.807, 2.05) is 0 Å². The van der Waals surface area contributed by atoms with E-state index < -0.39 is 10.8 Å². The number of fused-ring (bicyclic) bond motifs is 12. The molecule has 78 heavy (non-hydrogen) atoms. The molecular weight excluding hydrogens is 945 g/mol. The van der Waals surface area contributed by atoms with E-state index in [0.29, 0.717) is 5.82 Å². The number of para-hydroxylation sites is 1. The van der Waals surface area contributed by atoms with E-state index in [1.165, 1.54) is 66.8 Å². The van der Waals surface area contributed by atoms with E-state index in [0.717, 1.165) is 66.0 Å². The Hall–Kier alpha value is -9.90. The van der Waals surface area contributed by atoms with E-state index in [2.05, 4.69) is 297 Å². The lowest BCUT2D eigenvalue weighted by Crippen LogP contribution is -2.31. The number of nitrogens with zero attached hydrogens (tertiary/aromatic N) is 4. The monoisotopic (exact) mass is 996 g/mol. The van der Waals surface area contributed by atoms with Gasteiger partial charge in [-0.15, -0.1) is 0 Å². The van der Waals surface area contributed by atoms with Crippen LogP contribution in [0.15, 0.2) is 267 Å². The first-order chi connectivity index (χ1) is 38.5. The largest absolute Gasteiger partial charge is 0.294 e. The predicted molar refractivity (Wildman–Crippen MR) is 322 cm³/mol. The lowest BCUT2D eigenvalue weighted by molar-refractivity contribution is 0.769. The third kappa shape index (κ3) is 6.29. The first kappa shape index (κ1) is 45.5. The van der Waals surface area contributed by atoms with Gasteiger partial charge in [0.15, 0.2) is 5.82 Å². The van der Waals surface area contributed by atoms with Gasteiger partial charge in [-0.25, -0.2) is 9.97 Å². The van der Waals surface area contributed by atoms with Gasteiger partial charge in [-0.1, -0.05) is 261 Å². The van der Waals surface area contributed by atoms with Crippen molar-refractivity contribution in [2.75, 3.05) is 0 Å². The van der Waals surface area contributed by atoms with Crippen LogP contribution < -0.4 is 10.6 Å². The molecule has 4 heteroatoms. The lowest BCUT2D eigenvalue weighted by Gasteiger charge is -2.34. The molecule has 15 rings (SSSR count). The van der Waals surface area contributed by atoms with E-state index >= 15 is 0 Å². The predicted octanol–water partition coefficient (Wildman–Crippen LogP) is 16.1. The Morgan fingerprint density at radius 2 is 0.846 bits per heavy atom. The molecule has 2 aliphatic rings. The van der Waals surface area contributed by atoms with Gasteiger partial charge in [0.25, 0.3) is 0 Å². The molecule has 0 fully saturated rings. The molecule has 2 aliphatic carbocycles. The molecular formula is C74H52N4. The molecule has 0 saturated heterocycles. The van der Waals surface area contributed by atoms with Crippen molar-refractivity contribution in [1.29, 1.82) is 0 Å². The van der Waals surface area contributed by atoms with Crippen LogP contribution in [0, 0.1) is 0 Å². The molecule has 0 bridgehead atoms. The van der Waals surface area contributed by atoms with Gasteiger partial charge in [-0.2, -0.15) is 0 Å². The molecule has 0 N–H and O–H groups in total. The van der Waals surface area contributed by atoms with Crippen molar-refractivity contribution in [2.24, 2.45) is 0 Å². The second kappa shape index (κ2) is 17.6. The second-order valence-electron chi connectivity index (χ2n) is 20.9. The van der Waals surface area contributed by atoms with Gasteiger partial charge in [-0.3, -0.25) is 9.13 Å². The summed E-state index contributed by atoms with van der Waals surface area (Å²) in [6, 6.07) is 93.4. The summed E-state index contributed by atoms with van der Waals surface area (Å²) in [7, 11) is 0. The van der Waals surface area contributed by atoms with E-state index in [1.54, 1.807) is 0 Å². The quantitative estimate of drug-likeness (QED) is 0.152. The number of aromatic nitrogens is 4. The molecule has 0 unspecified atom stereocenters. The SMILES string of the molecule is C=C(C)/C=c1\c(=C/C)n(-c2cc(-n3c4ccccc4c4ccc5c(c43)C(c3ccccc3)(c3ccccc3)c3ccccc3-5)nc(-c3ccccc3)n2)c2c3c(ccc12)-c1ccccc1C3(c1ccccc1)c1ccccc1. The average Bonchev–Trinajstić information content (AvgIpc) is 3.59. The first-order valence-electron chi connectivity index (χ1n) is 27.0. The number of allylic oxidation sites excluding steroid dienone is 1. The highest BCUT2D eigenvalue weighted by molar-refractivity contribution is 6.14. The van der Waals surface area contributed by atoms with Crippen molar-refractivity contribution in [3.8, 4) is 45.3 Å². The van der Waals surface area contributed by atoms with Crippen LogP contribution in [0.25, 0.3) is 90.1 Å². The number of benzene rings is 10. The van der Waals surface area contributed by atoms with Crippen LogP contribution in [0.1, 0.15) is 58.4 Å². The van der Waals surface area contributed by atoms with Gasteiger partial charge < -0.3 is 0 Å². The summed E-state index contributed by atoms with van der Waals surface area (Å²) in [4.78, 5) is 11.5. The fraction of sp³-hybridized carbons (Fsp3) is 0.0541. The summed E-state index contributed by atoms with van der Waals surface area (Å²) in [6.07, 6.45) is 4.49. The Labute approximate surface area is 453 Å². The zero-order chi connectivity index (χ0) is 52.1. The average molecular weight is 997 g/mol. The number of hydrogen-bond donors (Lipinski definition) is 0. The molecule has 0 atom stereocenters. The van der Waals surface area contributed by atoms with Crippen molar-refractivity contribution < 1.29 is 0 Å². The number of hydrogen-bond acceptors (Lipinski definition) is 2. The van der Waals surface area contributed by atoms with Crippen molar-refractivity contribution >= 4 is 44.9 Å². The van der Waals surface area contributed by atoms with Crippen LogP contribution in [-0.4, -0.2) is 19.1 Å². The van der Waals surface area contributed by atoms with E-state index in [-0.39, 0.29) is 0 Å². The molecule has 3 aromatic heterocycles. The van der Waals surface area contributed by atoms with Crippen molar-refractivity contribution in [3.63, 3.8) is 0 Å². The molecule has 0 spiro atoms. The smallest absolute Gasteiger partial charge is 0.163 e. The Bertz CT molecular complexity index is 4610. The zero-order valence-electron chi connectivity index (χ0n) is 43.4. The highest BCUT2D eigenvalue weighted by Gasteiger charge is 2.50. The highest BCUT2D eigenvalue weighted by atomic mass is 15.1. The van der Waals surface area contributed by atoms with Gasteiger partial charge in [0.1, 0.15) is 11.6 Å². The fourth-order valence-electron chi connectivity index (χ4n) is 13.9. The van der Waals surface area contributed by atoms with Crippen molar-refractivity contribution in [3.05, 3.63) is 322 Å². The normalized spacial score (nSPS) is 14.2. The summed E-state index contributed by atoms with van der Waals surface area (Å²) in [6.45, 7) is 8.73. The van der Waals surface area contributed by atoms with Crippen LogP contribution in [0.3, 0.4) is 0 Å². The summed E-state index contributed by atoms with van der Waals surface area (Å²) in [5, 5.41) is 5.56. The highest BCUT2D eigenvalue weighted by Crippen LogP contribution is 2.60. The van der Waals surface area contributed by atoms with E-state index in [9.17, 15) is 0 Å². The summed E-state index contributed by atoms with van der Waals surface area (Å²) >= 11 is 0. The summed E-state index contributed by atoms with van der Waals surface area (Å²) in [5.74, 6) is 2.16. The maximum Gasteiger partial charge on any atom is 0.163 e. The van der Waals surface area contributed by atoms with Gasteiger partial charge in [0.2, 0.25) is 0 Å². The van der Waals surface area contributed by atoms with Crippen LogP contribution in [0.2, 0.25) is 0 Å². The minimum Gasteiger partial charge on any atom is -0.294 e. The van der Waals surface area contributed by atoms with Gasteiger partial charge >= 0.3 is 0 Å². The van der Waals surface area contributed by atoms with Crippen LogP contribution in [0.4, 0.5) is 0 Å². The van der Waals surface area contributed by atoms with E-state index in [4.69, 9.17) is 9.97 Å². The molecule has 10 aromatic carbocycles. The van der Waals surface area contributed by atoms with Crippen molar-refractivity contribution in [1.82, 2.24) is 19.1 Å². The Morgan fingerprint density at radius 1 is 0.423 bits per heavy atom. The molecule has 0 saturated carbocycles. The molecule has 0 amide bonds. The zero-order valence-corrected chi connectivity index (χ0v) is 43.4. The minimum absolute atomic E-state index is 0.629. The Balaban J connectivity index is 1.13. The summed E-state index contributed by atoms with van der Waals surface area (Å²) in [5.41, 5.74) is 18.4.